The van der Waals surface area contributed by atoms with Crippen molar-refractivity contribution in [1.82, 2.24) is 15.5 Å². The van der Waals surface area contributed by atoms with E-state index in [9.17, 15) is 4.79 Å². The van der Waals surface area contributed by atoms with E-state index in [0.29, 0.717) is 18.0 Å². The maximum Gasteiger partial charge on any atom is 0.237 e. The Morgan fingerprint density at radius 2 is 1.89 bits per heavy atom. The number of carbonyl (C=O) groups excluding carboxylic acids is 1. The van der Waals surface area contributed by atoms with Crippen molar-refractivity contribution in [2.75, 3.05) is 20.6 Å². The molecule has 0 heterocycles. The molecule has 0 aromatic heterocycles. The third kappa shape index (κ3) is 6.36. The molecule has 106 valence electrons. The average molecular weight is 255 g/mol. The second-order valence-electron chi connectivity index (χ2n) is 6.26. The SMILES string of the molecule is CC(C)CC(CN(C)C)NC(C)C(=O)NC1CC1. The number of rotatable bonds is 8. The van der Waals surface area contributed by atoms with E-state index in [-0.39, 0.29) is 11.9 Å². The molecule has 4 heteroatoms. The van der Waals surface area contributed by atoms with Gasteiger partial charge in [0.1, 0.15) is 0 Å². The molecule has 4 nitrogen and oxygen atoms in total. The second kappa shape index (κ2) is 7.10. The first kappa shape index (κ1) is 15.4. The Kier molecular flexibility index (Phi) is 6.09. The minimum atomic E-state index is -0.103. The van der Waals surface area contributed by atoms with Crippen LogP contribution >= 0.6 is 0 Å². The number of likely N-dealkylation sites (N-methyl/N-ethyl adjacent to an activating group) is 1. The normalized spacial score (nSPS) is 19.1. The molecule has 2 unspecified atom stereocenters. The lowest BCUT2D eigenvalue weighted by atomic mass is 10.0. The molecule has 0 aromatic carbocycles. The smallest absolute Gasteiger partial charge is 0.237 e. The van der Waals surface area contributed by atoms with Crippen LogP contribution in [0.2, 0.25) is 0 Å². The van der Waals surface area contributed by atoms with Crippen molar-refractivity contribution in [2.24, 2.45) is 5.92 Å². The molecular formula is C14H29N3O. The minimum Gasteiger partial charge on any atom is -0.352 e. The highest BCUT2D eigenvalue weighted by Gasteiger charge is 2.26. The highest BCUT2D eigenvalue weighted by atomic mass is 16.2. The van der Waals surface area contributed by atoms with Crippen LogP contribution < -0.4 is 10.6 Å². The van der Waals surface area contributed by atoms with Crippen molar-refractivity contribution < 1.29 is 4.79 Å². The van der Waals surface area contributed by atoms with E-state index in [4.69, 9.17) is 0 Å². The van der Waals surface area contributed by atoms with Crippen LogP contribution in [0.4, 0.5) is 0 Å². The maximum absolute atomic E-state index is 11.9. The van der Waals surface area contributed by atoms with Crippen molar-refractivity contribution in [3.05, 3.63) is 0 Å². The molecule has 1 aliphatic rings. The highest BCUT2D eigenvalue weighted by molar-refractivity contribution is 5.81. The van der Waals surface area contributed by atoms with E-state index in [1.807, 2.05) is 6.92 Å². The fraction of sp³-hybridized carbons (Fsp3) is 0.929. The molecule has 1 rings (SSSR count). The van der Waals surface area contributed by atoms with Crippen molar-refractivity contribution in [2.45, 2.75) is 58.2 Å². The summed E-state index contributed by atoms with van der Waals surface area (Å²) in [6, 6.07) is 0.716. The van der Waals surface area contributed by atoms with Gasteiger partial charge in [-0.2, -0.15) is 0 Å². The molecule has 0 aromatic rings. The monoisotopic (exact) mass is 255 g/mol. The van der Waals surface area contributed by atoms with Crippen molar-refractivity contribution in [3.8, 4) is 0 Å². The lowest BCUT2D eigenvalue weighted by Gasteiger charge is -2.27. The molecule has 1 aliphatic carbocycles. The number of nitrogens with one attached hydrogen (secondary N) is 2. The molecule has 2 N–H and O–H groups in total. The predicted octanol–water partition coefficient (Wildman–Crippen LogP) is 1.22. The fourth-order valence-corrected chi connectivity index (χ4v) is 2.19. The first-order valence-electron chi connectivity index (χ1n) is 7.09. The largest absolute Gasteiger partial charge is 0.352 e. The Hall–Kier alpha value is -0.610. The van der Waals surface area contributed by atoms with Gasteiger partial charge in [0.25, 0.3) is 0 Å². The molecule has 0 aliphatic heterocycles. The highest BCUT2D eigenvalue weighted by Crippen LogP contribution is 2.18. The summed E-state index contributed by atoms with van der Waals surface area (Å²) in [6.45, 7) is 7.37. The fourth-order valence-electron chi connectivity index (χ4n) is 2.19. The summed E-state index contributed by atoms with van der Waals surface area (Å²) < 4.78 is 0. The Balaban J connectivity index is 2.38. The van der Waals surface area contributed by atoms with Crippen LogP contribution in [0.25, 0.3) is 0 Å². The Labute approximate surface area is 111 Å². The Morgan fingerprint density at radius 3 is 2.33 bits per heavy atom. The topological polar surface area (TPSA) is 44.4 Å². The summed E-state index contributed by atoms with van der Waals surface area (Å²) >= 11 is 0. The van der Waals surface area contributed by atoms with Gasteiger partial charge in [-0.1, -0.05) is 13.8 Å². The number of hydrogen-bond acceptors (Lipinski definition) is 3. The Bertz CT molecular complexity index is 252. The van der Waals surface area contributed by atoms with E-state index in [1.165, 1.54) is 0 Å². The van der Waals surface area contributed by atoms with E-state index < -0.39 is 0 Å². The predicted molar refractivity (Wildman–Crippen MR) is 75.6 cm³/mol. The van der Waals surface area contributed by atoms with Crippen LogP contribution in [0.15, 0.2) is 0 Å². The Morgan fingerprint density at radius 1 is 1.28 bits per heavy atom. The molecule has 0 radical (unpaired) electrons. The number of nitrogens with zero attached hydrogens (tertiary/aromatic N) is 1. The van der Waals surface area contributed by atoms with Crippen LogP contribution in [0.3, 0.4) is 0 Å². The molecule has 0 bridgehead atoms. The molecule has 1 amide bonds. The summed E-state index contributed by atoms with van der Waals surface area (Å²) in [4.78, 5) is 14.1. The van der Waals surface area contributed by atoms with Gasteiger partial charge in [0.2, 0.25) is 5.91 Å². The van der Waals surface area contributed by atoms with Crippen LogP contribution in [-0.2, 0) is 4.79 Å². The van der Waals surface area contributed by atoms with Gasteiger partial charge in [-0.3, -0.25) is 4.79 Å². The van der Waals surface area contributed by atoms with Gasteiger partial charge in [-0.15, -0.1) is 0 Å². The quantitative estimate of drug-likeness (QED) is 0.685. The summed E-state index contributed by atoms with van der Waals surface area (Å²) in [7, 11) is 4.15. The molecular weight excluding hydrogens is 226 g/mol. The first-order valence-corrected chi connectivity index (χ1v) is 7.09. The van der Waals surface area contributed by atoms with Gasteiger partial charge in [0.05, 0.1) is 6.04 Å². The van der Waals surface area contributed by atoms with Gasteiger partial charge in [-0.25, -0.2) is 0 Å². The third-order valence-electron chi connectivity index (χ3n) is 3.14. The van der Waals surface area contributed by atoms with E-state index in [0.717, 1.165) is 25.8 Å². The maximum atomic E-state index is 11.9. The summed E-state index contributed by atoms with van der Waals surface area (Å²) in [5.74, 6) is 0.783. The zero-order valence-corrected chi connectivity index (χ0v) is 12.5. The third-order valence-corrected chi connectivity index (χ3v) is 3.14. The molecule has 2 atom stereocenters. The van der Waals surface area contributed by atoms with Gasteiger partial charge in [0, 0.05) is 18.6 Å². The van der Waals surface area contributed by atoms with Crippen LogP contribution in [0.1, 0.15) is 40.0 Å². The average Bonchev–Trinajstić information content (AvgIpc) is 2.99. The molecule has 1 saturated carbocycles. The summed E-state index contributed by atoms with van der Waals surface area (Å²) in [6.07, 6.45) is 3.39. The van der Waals surface area contributed by atoms with Crippen molar-refractivity contribution >= 4 is 5.91 Å². The zero-order valence-electron chi connectivity index (χ0n) is 12.5. The van der Waals surface area contributed by atoms with E-state index in [1.54, 1.807) is 0 Å². The van der Waals surface area contributed by atoms with Gasteiger partial charge >= 0.3 is 0 Å². The minimum absolute atomic E-state index is 0.103. The zero-order chi connectivity index (χ0) is 13.7. The number of amides is 1. The van der Waals surface area contributed by atoms with E-state index >= 15 is 0 Å². The van der Waals surface area contributed by atoms with Crippen LogP contribution in [0.5, 0.6) is 0 Å². The lowest BCUT2D eigenvalue weighted by molar-refractivity contribution is -0.123. The van der Waals surface area contributed by atoms with Crippen molar-refractivity contribution in [1.29, 1.82) is 0 Å². The van der Waals surface area contributed by atoms with E-state index in [2.05, 4.69) is 43.5 Å². The van der Waals surface area contributed by atoms with Crippen LogP contribution in [-0.4, -0.2) is 49.6 Å². The van der Waals surface area contributed by atoms with Crippen LogP contribution in [0, 0.1) is 5.92 Å². The molecule has 0 spiro atoms. The number of hydrogen-bond donors (Lipinski definition) is 2. The van der Waals surface area contributed by atoms with Gasteiger partial charge in [-0.05, 0) is 46.2 Å². The summed E-state index contributed by atoms with van der Waals surface area (Å²) in [5.41, 5.74) is 0. The van der Waals surface area contributed by atoms with Gasteiger partial charge < -0.3 is 15.5 Å². The second-order valence-corrected chi connectivity index (χ2v) is 6.26. The molecule has 18 heavy (non-hydrogen) atoms. The van der Waals surface area contributed by atoms with Gasteiger partial charge in [0.15, 0.2) is 0 Å². The molecule has 0 saturated heterocycles. The standard InChI is InChI=1S/C14H29N3O/c1-10(2)8-13(9-17(4)5)15-11(3)14(18)16-12-6-7-12/h10-13,15H,6-9H2,1-5H3,(H,16,18). The molecule has 1 fully saturated rings. The summed E-state index contributed by atoms with van der Waals surface area (Å²) in [5, 5.41) is 6.51. The number of carbonyl (C=O) groups is 1. The van der Waals surface area contributed by atoms with Crippen molar-refractivity contribution in [3.63, 3.8) is 0 Å². The lowest BCUT2D eigenvalue weighted by Crippen LogP contribution is -2.50. The first-order chi connectivity index (χ1) is 8.38.